The largest absolute Gasteiger partial charge is 1.00 e. The van der Waals surface area contributed by atoms with Gasteiger partial charge in [0.05, 0.1) is 24.0 Å². The van der Waals surface area contributed by atoms with E-state index in [0.717, 1.165) is 0 Å². The van der Waals surface area contributed by atoms with Crippen molar-refractivity contribution in [3.8, 4) is 0 Å². The van der Waals surface area contributed by atoms with E-state index in [-0.39, 0.29) is 118 Å². The molecule has 0 aliphatic carbocycles. The van der Waals surface area contributed by atoms with E-state index in [9.17, 15) is 39.6 Å². The summed E-state index contributed by atoms with van der Waals surface area (Å²) in [4.78, 5) is 41.2. The van der Waals surface area contributed by atoms with E-state index >= 15 is 0 Å². The maximum atomic E-state index is 10.4. The molecule has 0 aliphatic heterocycles. The molecule has 0 aromatic heterocycles. The first-order valence-corrected chi connectivity index (χ1v) is 4.31. The third-order valence-corrected chi connectivity index (χ3v) is 1.71. The van der Waals surface area contributed by atoms with E-state index in [0.29, 0.717) is 0 Å². The molecule has 2 atom stereocenters. The van der Waals surface area contributed by atoms with Gasteiger partial charge in [0.15, 0.2) is 0 Å². The normalized spacial score (nSPS) is 11.0. The average Bonchev–Trinajstić information content (AvgIpc) is 2.13. The molecule has 1 unspecified atom stereocenters. The van der Waals surface area contributed by atoms with Crippen LogP contribution < -0.4 is 144 Å². The SMILES string of the molecule is O=C([O-])CC(N[C@@H](CC(=O)[O-])C(=O)[O-])C(=O)[O-].[Na+].[Na+].[Na+].[Na+]. The fourth-order valence-electron chi connectivity index (χ4n) is 0.997. The second-order valence-corrected chi connectivity index (χ2v) is 3.06. The molecule has 9 nitrogen and oxygen atoms in total. The molecule has 0 saturated carbocycles. The zero-order valence-electron chi connectivity index (χ0n) is 12.3. The quantitative estimate of drug-likeness (QED) is 0.422. The minimum Gasteiger partial charge on any atom is -0.550 e. The number of carbonyl (C=O) groups is 4. The summed E-state index contributed by atoms with van der Waals surface area (Å²) in [6.45, 7) is 0. The van der Waals surface area contributed by atoms with Gasteiger partial charge in [-0.3, -0.25) is 0 Å². The molecule has 0 aliphatic rings. The number of carboxylic acid groups (broad SMARTS) is 4. The molecule has 0 saturated heterocycles. The van der Waals surface area contributed by atoms with Crippen LogP contribution in [0.5, 0.6) is 0 Å². The summed E-state index contributed by atoms with van der Waals surface area (Å²) in [5.74, 6) is -7.34. The summed E-state index contributed by atoms with van der Waals surface area (Å²) in [6.07, 6.45) is -2.14. The molecule has 0 aromatic rings. The van der Waals surface area contributed by atoms with E-state index in [1.54, 1.807) is 5.32 Å². The molecule has 0 rings (SSSR count). The van der Waals surface area contributed by atoms with Gasteiger partial charge in [0, 0.05) is 24.8 Å². The van der Waals surface area contributed by atoms with Crippen LogP contribution in [0.4, 0.5) is 0 Å². The predicted molar refractivity (Wildman–Crippen MR) is 40.0 cm³/mol. The smallest absolute Gasteiger partial charge is 0.550 e. The Bertz CT molecular complexity index is 321. The predicted octanol–water partition coefficient (Wildman–Crippen LogP) is -18.9. The zero-order valence-corrected chi connectivity index (χ0v) is 20.3. The number of nitrogens with one attached hydrogen (secondary N) is 1. The van der Waals surface area contributed by atoms with Crippen molar-refractivity contribution in [2.45, 2.75) is 24.9 Å². The Hall–Kier alpha value is 1.84. The van der Waals surface area contributed by atoms with Crippen LogP contribution in [-0.4, -0.2) is 36.0 Å². The van der Waals surface area contributed by atoms with Gasteiger partial charge in [-0.25, -0.2) is 0 Å². The topological polar surface area (TPSA) is 173 Å². The van der Waals surface area contributed by atoms with Crippen molar-refractivity contribution >= 4 is 23.9 Å². The first kappa shape index (κ1) is 34.2. The molecule has 0 aromatic carbocycles. The molecule has 0 heterocycles. The van der Waals surface area contributed by atoms with Gasteiger partial charge in [-0.15, -0.1) is 0 Å². The standard InChI is InChI=1S/C8H11NO8.4Na/c10-5(11)1-3(7(14)15)9-4(8(16)17)2-6(12)13;;;;/h3-4,9H,1-2H2,(H,10,11)(H,12,13)(H,14,15)(H,16,17);;;;/q;4*+1/p-4/t3-,4?;;;;/m0..../s1. The van der Waals surface area contributed by atoms with Gasteiger partial charge in [-0.1, -0.05) is 0 Å². The van der Waals surface area contributed by atoms with Gasteiger partial charge < -0.3 is 44.9 Å². The third-order valence-electron chi connectivity index (χ3n) is 1.71. The van der Waals surface area contributed by atoms with Gasteiger partial charge >= 0.3 is 118 Å². The van der Waals surface area contributed by atoms with Crippen molar-refractivity contribution in [1.82, 2.24) is 5.32 Å². The van der Waals surface area contributed by atoms with Crippen LogP contribution >= 0.6 is 0 Å². The maximum Gasteiger partial charge on any atom is 1.00 e. The summed E-state index contributed by atoms with van der Waals surface area (Å²) < 4.78 is 0. The fraction of sp³-hybridized carbons (Fsp3) is 0.500. The monoisotopic (exact) mass is 337 g/mol. The van der Waals surface area contributed by atoms with Gasteiger partial charge in [0.25, 0.3) is 0 Å². The van der Waals surface area contributed by atoms with Crippen molar-refractivity contribution in [3.05, 3.63) is 0 Å². The Balaban J connectivity index is -0.000000213. The molecule has 1 N–H and O–H groups in total. The summed E-state index contributed by atoms with van der Waals surface area (Å²) in [7, 11) is 0. The number of aliphatic carboxylic acids is 4. The van der Waals surface area contributed by atoms with Crippen LogP contribution in [0.2, 0.25) is 0 Å². The molecule has 13 heteroatoms. The molecule has 21 heavy (non-hydrogen) atoms. The Morgan fingerprint density at radius 2 is 0.905 bits per heavy atom. The Morgan fingerprint density at radius 1 is 0.667 bits per heavy atom. The van der Waals surface area contributed by atoms with E-state index < -0.39 is 48.8 Å². The maximum absolute atomic E-state index is 10.4. The molecule has 0 radical (unpaired) electrons. The summed E-state index contributed by atoms with van der Waals surface area (Å²) in [6, 6.07) is -3.80. The van der Waals surface area contributed by atoms with E-state index in [1.165, 1.54) is 0 Å². The van der Waals surface area contributed by atoms with Crippen LogP contribution in [0.1, 0.15) is 12.8 Å². The van der Waals surface area contributed by atoms with Crippen molar-refractivity contribution in [2.24, 2.45) is 0 Å². The van der Waals surface area contributed by atoms with Crippen LogP contribution in [0.25, 0.3) is 0 Å². The number of hydrogen-bond acceptors (Lipinski definition) is 9. The van der Waals surface area contributed by atoms with Crippen molar-refractivity contribution in [2.75, 3.05) is 0 Å². The van der Waals surface area contributed by atoms with E-state index in [2.05, 4.69) is 0 Å². The molecular formula is C8H7NNa4O8. The van der Waals surface area contributed by atoms with E-state index in [4.69, 9.17) is 0 Å². The van der Waals surface area contributed by atoms with Gasteiger partial charge in [0.2, 0.25) is 0 Å². The van der Waals surface area contributed by atoms with Crippen LogP contribution in [0.15, 0.2) is 0 Å². The third kappa shape index (κ3) is 18.0. The second kappa shape index (κ2) is 18.2. The van der Waals surface area contributed by atoms with Gasteiger partial charge in [-0.05, 0) is 0 Å². The molecule has 0 spiro atoms. The van der Waals surface area contributed by atoms with Gasteiger partial charge in [0.1, 0.15) is 0 Å². The number of hydrogen-bond donors (Lipinski definition) is 1. The van der Waals surface area contributed by atoms with Crippen LogP contribution in [0, 0.1) is 0 Å². The zero-order chi connectivity index (χ0) is 13.6. The number of carboxylic acids is 4. The number of carbonyl (C=O) groups excluding carboxylic acids is 4. The fourth-order valence-corrected chi connectivity index (χ4v) is 0.997. The van der Waals surface area contributed by atoms with Crippen molar-refractivity contribution < 1.29 is 158 Å². The minimum absolute atomic E-state index is 0. The van der Waals surface area contributed by atoms with Crippen molar-refractivity contribution in [3.63, 3.8) is 0 Å². The Kier molecular flexibility index (Phi) is 29.6. The van der Waals surface area contributed by atoms with Crippen LogP contribution in [0.3, 0.4) is 0 Å². The van der Waals surface area contributed by atoms with E-state index in [1.807, 2.05) is 0 Å². The molecule has 0 fully saturated rings. The molecule has 0 bridgehead atoms. The first-order valence-electron chi connectivity index (χ1n) is 4.31. The first-order chi connectivity index (χ1) is 7.73. The molecule has 0 amide bonds. The Labute approximate surface area is 208 Å². The van der Waals surface area contributed by atoms with Crippen LogP contribution in [-0.2, 0) is 19.2 Å². The summed E-state index contributed by atoms with van der Waals surface area (Å²) in [5, 5.41) is 42.9. The molecular weight excluding hydrogens is 330 g/mol. The summed E-state index contributed by atoms with van der Waals surface area (Å²) in [5.41, 5.74) is 0. The number of rotatable bonds is 8. The minimum atomic E-state index is -1.90. The van der Waals surface area contributed by atoms with Crippen molar-refractivity contribution in [1.29, 1.82) is 0 Å². The average molecular weight is 337 g/mol. The molecule has 96 valence electrons. The summed E-state index contributed by atoms with van der Waals surface area (Å²) >= 11 is 0. The second-order valence-electron chi connectivity index (χ2n) is 3.06. The van der Waals surface area contributed by atoms with Gasteiger partial charge in [-0.2, -0.15) is 0 Å². The Morgan fingerprint density at radius 3 is 1.05 bits per heavy atom.